The maximum absolute atomic E-state index is 14.1. The van der Waals surface area contributed by atoms with Crippen molar-refractivity contribution >= 4 is 0 Å². The van der Waals surface area contributed by atoms with Crippen LogP contribution in [0.4, 0.5) is 8.78 Å². The summed E-state index contributed by atoms with van der Waals surface area (Å²) in [4.78, 5) is 0. The van der Waals surface area contributed by atoms with Gasteiger partial charge in [-0.05, 0) is 44.4 Å². The molecular weight excluding hydrogens is 260 g/mol. The number of fused-ring (bicyclic) bond motifs is 2. The predicted octanol–water partition coefficient (Wildman–Crippen LogP) is 3.57. The van der Waals surface area contributed by atoms with Crippen molar-refractivity contribution in [1.29, 1.82) is 0 Å². The summed E-state index contributed by atoms with van der Waals surface area (Å²) in [5.74, 6) is -0.741. The SMILES string of the molecule is CCCNC(c1c(F)cccc1F)C1CC2CCC1O2. The summed E-state index contributed by atoms with van der Waals surface area (Å²) in [7, 11) is 0. The third-order valence-corrected chi connectivity index (χ3v) is 4.51. The molecule has 1 aromatic rings. The fraction of sp³-hybridized carbons (Fsp3) is 0.625. The number of nitrogens with one attached hydrogen (secondary N) is 1. The quantitative estimate of drug-likeness (QED) is 0.891. The van der Waals surface area contributed by atoms with Gasteiger partial charge in [0.2, 0.25) is 0 Å². The standard InChI is InChI=1S/C16H21F2NO/c1-2-8-19-16(11-9-10-6-7-14(11)20-10)15-12(17)4-3-5-13(15)18/h3-5,10-11,14,16,19H,2,6-9H2,1H3. The van der Waals surface area contributed by atoms with Crippen molar-refractivity contribution in [2.24, 2.45) is 5.92 Å². The van der Waals surface area contributed by atoms with E-state index in [0.717, 1.165) is 32.2 Å². The van der Waals surface area contributed by atoms with Gasteiger partial charge in [0.1, 0.15) is 11.6 Å². The van der Waals surface area contributed by atoms with Crippen LogP contribution in [-0.4, -0.2) is 18.8 Å². The molecule has 110 valence electrons. The highest BCUT2D eigenvalue weighted by Gasteiger charge is 2.45. The van der Waals surface area contributed by atoms with Crippen molar-refractivity contribution in [2.45, 2.75) is 50.9 Å². The molecule has 4 atom stereocenters. The number of hydrogen-bond acceptors (Lipinski definition) is 2. The fourth-order valence-electron chi connectivity index (χ4n) is 3.60. The van der Waals surface area contributed by atoms with Gasteiger partial charge in [-0.15, -0.1) is 0 Å². The lowest BCUT2D eigenvalue weighted by atomic mass is 9.80. The van der Waals surface area contributed by atoms with Gasteiger partial charge in [-0.1, -0.05) is 13.0 Å². The smallest absolute Gasteiger partial charge is 0.130 e. The minimum absolute atomic E-state index is 0.147. The van der Waals surface area contributed by atoms with E-state index < -0.39 is 11.6 Å². The Balaban J connectivity index is 1.90. The molecule has 1 aromatic carbocycles. The zero-order valence-corrected chi connectivity index (χ0v) is 11.7. The summed E-state index contributed by atoms with van der Waals surface area (Å²) < 4.78 is 34.1. The first kappa shape index (κ1) is 14.0. The maximum atomic E-state index is 14.1. The molecule has 0 spiro atoms. The van der Waals surface area contributed by atoms with Crippen LogP contribution >= 0.6 is 0 Å². The number of halogens is 2. The van der Waals surface area contributed by atoms with Gasteiger partial charge in [0, 0.05) is 17.5 Å². The second kappa shape index (κ2) is 5.78. The van der Waals surface area contributed by atoms with Gasteiger partial charge in [0.15, 0.2) is 0 Å². The first-order valence-corrected chi connectivity index (χ1v) is 7.53. The Kier molecular flexibility index (Phi) is 4.03. The molecule has 2 saturated heterocycles. The van der Waals surface area contributed by atoms with E-state index in [-0.39, 0.29) is 29.7 Å². The minimum atomic E-state index is -0.457. The Morgan fingerprint density at radius 2 is 2.05 bits per heavy atom. The van der Waals surface area contributed by atoms with Gasteiger partial charge in [-0.2, -0.15) is 0 Å². The normalized spacial score (nSPS) is 29.9. The lowest BCUT2D eigenvalue weighted by molar-refractivity contribution is 0.0851. The molecule has 0 aromatic heterocycles. The average molecular weight is 281 g/mol. The molecule has 1 N–H and O–H groups in total. The lowest BCUT2D eigenvalue weighted by Crippen LogP contribution is -2.35. The van der Waals surface area contributed by atoms with E-state index in [1.165, 1.54) is 18.2 Å². The van der Waals surface area contributed by atoms with Crippen LogP contribution in [0.25, 0.3) is 0 Å². The van der Waals surface area contributed by atoms with Crippen LogP contribution in [0.3, 0.4) is 0 Å². The fourth-order valence-corrected chi connectivity index (χ4v) is 3.60. The van der Waals surface area contributed by atoms with Crippen LogP contribution in [0.5, 0.6) is 0 Å². The molecule has 4 unspecified atom stereocenters. The second-order valence-corrected chi connectivity index (χ2v) is 5.84. The van der Waals surface area contributed by atoms with Crippen molar-refractivity contribution in [3.63, 3.8) is 0 Å². The van der Waals surface area contributed by atoms with Crippen molar-refractivity contribution in [3.8, 4) is 0 Å². The molecule has 0 radical (unpaired) electrons. The first-order valence-electron chi connectivity index (χ1n) is 7.53. The Labute approximate surface area is 118 Å². The number of hydrogen-bond donors (Lipinski definition) is 1. The van der Waals surface area contributed by atoms with Crippen LogP contribution in [0.15, 0.2) is 18.2 Å². The molecule has 0 amide bonds. The summed E-state index contributed by atoms with van der Waals surface area (Å²) in [5, 5.41) is 3.33. The average Bonchev–Trinajstić information content (AvgIpc) is 3.04. The van der Waals surface area contributed by atoms with Crippen molar-refractivity contribution in [2.75, 3.05) is 6.54 Å². The highest BCUT2D eigenvalue weighted by atomic mass is 19.1. The van der Waals surface area contributed by atoms with Gasteiger partial charge >= 0.3 is 0 Å². The molecule has 2 heterocycles. The number of benzene rings is 1. The van der Waals surface area contributed by atoms with E-state index in [4.69, 9.17) is 4.74 Å². The molecule has 2 nitrogen and oxygen atoms in total. The number of ether oxygens (including phenoxy) is 1. The molecule has 2 aliphatic rings. The summed E-state index contributed by atoms with van der Waals surface area (Å²) in [5.41, 5.74) is 0.183. The molecule has 20 heavy (non-hydrogen) atoms. The Morgan fingerprint density at radius 1 is 1.30 bits per heavy atom. The monoisotopic (exact) mass is 281 g/mol. The van der Waals surface area contributed by atoms with Crippen molar-refractivity contribution in [3.05, 3.63) is 35.4 Å². The van der Waals surface area contributed by atoms with Crippen LogP contribution in [0, 0.1) is 17.6 Å². The largest absolute Gasteiger partial charge is 0.375 e. The third-order valence-electron chi connectivity index (χ3n) is 4.51. The maximum Gasteiger partial charge on any atom is 0.130 e. The van der Waals surface area contributed by atoms with Gasteiger partial charge in [-0.25, -0.2) is 8.78 Å². The highest BCUT2D eigenvalue weighted by molar-refractivity contribution is 5.25. The summed E-state index contributed by atoms with van der Waals surface area (Å²) in [6, 6.07) is 3.81. The zero-order valence-electron chi connectivity index (χ0n) is 11.7. The summed E-state index contributed by atoms with van der Waals surface area (Å²) >= 11 is 0. The highest BCUT2D eigenvalue weighted by Crippen LogP contribution is 2.45. The van der Waals surface area contributed by atoms with Gasteiger partial charge in [-0.3, -0.25) is 0 Å². The predicted molar refractivity (Wildman–Crippen MR) is 73.4 cm³/mol. The third kappa shape index (κ3) is 2.47. The molecular formula is C16H21F2NO. The van der Waals surface area contributed by atoms with Crippen LogP contribution in [0.2, 0.25) is 0 Å². The van der Waals surface area contributed by atoms with E-state index in [9.17, 15) is 8.78 Å². The Bertz CT molecular complexity index is 459. The molecule has 3 rings (SSSR count). The van der Waals surface area contributed by atoms with Crippen molar-refractivity contribution < 1.29 is 13.5 Å². The summed E-state index contributed by atoms with van der Waals surface area (Å²) in [6.45, 7) is 2.81. The lowest BCUT2D eigenvalue weighted by Gasteiger charge is -2.30. The Hall–Kier alpha value is -1.00. The van der Waals surface area contributed by atoms with E-state index >= 15 is 0 Å². The first-order chi connectivity index (χ1) is 9.70. The van der Waals surface area contributed by atoms with Crippen LogP contribution in [0.1, 0.15) is 44.2 Å². The zero-order chi connectivity index (χ0) is 14.1. The van der Waals surface area contributed by atoms with E-state index in [0.29, 0.717) is 0 Å². The minimum Gasteiger partial charge on any atom is -0.375 e. The van der Waals surface area contributed by atoms with E-state index in [1.807, 2.05) is 0 Å². The number of rotatable bonds is 5. The molecule has 2 bridgehead atoms. The van der Waals surface area contributed by atoms with Gasteiger partial charge in [0.25, 0.3) is 0 Å². The topological polar surface area (TPSA) is 21.3 Å². The van der Waals surface area contributed by atoms with Crippen molar-refractivity contribution in [1.82, 2.24) is 5.32 Å². The van der Waals surface area contributed by atoms with Crippen LogP contribution < -0.4 is 5.32 Å². The van der Waals surface area contributed by atoms with Gasteiger partial charge < -0.3 is 10.1 Å². The molecule has 2 fully saturated rings. The summed E-state index contributed by atoms with van der Waals surface area (Å²) in [6.07, 6.45) is 4.37. The van der Waals surface area contributed by atoms with E-state index in [1.54, 1.807) is 0 Å². The van der Waals surface area contributed by atoms with E-state index in [2.05, 4.69) is 12.2 Å². The van der Waals surface area contributed by atoms with Gasteiger partial charge in [0.05, 0.1) is 12.2 Å². The second-order valence-electron chi connectivity index (χ2n) is 5.84. The molecule has 0 aliphatic carbocycles. The molecule has 0 saturated carbocycles. The van der Waals surface area contributed by atoms with Crippen LogP contribution in [-0.2, 0) is 4.74 Å². The molecule has 4 heteroatoms. The molecule has 2 aliphatic heterocycles. The Morgan fingerprint density at radius 3 is 2.60 bits per heavy atom.